The molecule has 0 aliphatic heterocycles. The van der Waals surface area contributed by atoms with Crippen LogP contribution in [-0.4, -0.2) is 16.5 Å². The number of azide groups is 1. The smallest absolute Gasteiger partial charge is 0.140 e. The maximum absolute atomic E-state index is 8.11. The number of rotatable bonds is 2. The molecule has 0 bridgehead atoms. The number of nitrogens with zero attached hydrogens (tertiary/aromatic N) is 4. The second-order valence-corrected chi connectivity index (χ2v) is 3.63. The highest BCUT2D eigenvalue weighted by molar-refractivity contribution is 6.35. The molecule has 84 valence electrons. The van der Waals surface area contributed by atoms with Crippen molar-refractivity contribution < 1.29 is 0 Å². The van der Waals surface area contributed by atoms with Crippen molar-refractivity contribution in [1.82, 2.24) is 9.97 Å². The summed E-state index contributed by atoms with van der Waals surface area (Å²) in [6.07, 6.45) is 3.93. The number of hydrogen-bond acceptors (Lipinski definition) is 2. The van der Waals surface area contributed by atoms with Gasteiger partial charge in [-0.1, -0.05) is 28.6 Å². The first-order valence-electron chi connectivity index (χ1n) is 4.94. The van der Waals surface area contributed by atoms with Crippen molar-refractivity contribution in [2.75, 3.05) is 6.54 Å². The van der Waals surface area contributed by atoms with Crippen molar-refractivity contribution in [2.45, 2.75) is 6.42 Å². The Kier molecular flexibility index (Phi) is 3.51. The average Bonchev–Trinajstić information content (AvgIpc) is 2.74. The Labute approximate surface area is 102 Å². The highest BCUT2D eigenvalue weighted by atomic mass is 35.5. The summed E-state index contributed by atoms with van der Waals surface area (Å²) in [5.74, 6) is 5.90. The van der Waals surface area contributed by atoms with Gasteiger partial charge in [0.1, 0.15) is 5.65 Å². The minimum Gasteiger partial charge on any atom is -0.345 e. The maximum atomic E-state index is 8.11. The number of aromatic nitrogens is 2. The first-order valence-corrected chi connectivity index (χ1v) is 5.32. The summed E-state index contributed by atoms with van der Waals surface area (Å²) < 4.78 is 0. The molecule has 0 aromatic carbocycles. The Morgan fingerprint density at radius 1 is 1.59 bits per heavy atom. The average molecular weight is 246 g/mol. The Morgan fingerprint density at radius 3 is 3.29 bits per heavy atom. The number of halogens is 1. The van der Waals surface area contributed by atoms with Crippen LogP contribution in [0.4, 0.5) is 0 Å². The molecule has 0 unspecified atom stereocenters. The number of H-pyrrole nitrogens is 1. The van der Waals surface area contributed by atoms with Gasteiger partial charge in [-0.15, -0.1) is 0 Å². The Hall–Kier alpha value is -2.15. The molecule has 6 heteroatoms. The van der Waals surface area contributed by atoms with E-state index in [-0.39, 0.29) is 0 Å². The largest absolute Gasteiger partial charge is 0.345 e. The molecule has 2 rings (SSSR count). The molecule has 17 heavy (non-hydrogen) atoms. The monoisotopic (exact) mass is 245 g/mol. The zero-order chi connectivity index (χ0) is 12.1. The van der Waals surface area contributed by atoms with Crippen LogP contribution < -0.4 is 0 Å². The van der Waals surface area contributed by atoms with E-state index >= 15 is 0 Å². The van der Waals surface area contributed by atoms with E-state index in [0.717, 1.165) is 16.6 Å². The van der Waals surface area contributed by atoms with Crippen LogP contribution in [0.25, 0.3) is 21.5 Å². The minimum absolute atomic E-state index is 0.373. The quantitative estimate of drug-likeness (QED) is 0.285. The van der Waals surface area contributed by atoms with Crippen LogP contribution in [0, 0.1) is 11.8 Å². The van der Waals surface area contributed by atoms with Crippen LogP contribution in [0.3, 0.4) is 0 Å². The summed E-state index contributed by atoms with van der Waals surface area (Å²) in [6, 6.07) is 1.73. The highest BCUT2D eigenvalue weighted by Gasteiger charge is 2.05. The summed E-state index contributed by atoms with van der Waals surface area (Å²) in [5.41, 5.74) is 9.63. The van der Waals surface area contributed by atoms with E-state index in [1.807, 2.05) is 0 Å². The van der Waals surface area contributed by atoms with E-state index in [1.54, 1.807) is 18.5 Å². The summed E-state index contributed by atoms with van der Waals surface area (Å²) in [5, 5.41) is 4.85. The standard InChI is InChI=1S/C11H8ClN5/c12-9-4-6-14-11-10(9)8(7-15-11)3-1-2-5-16-17-13/h4,6-7H,2,5H2,(H,14,15). The molecule has 0 amide bonds. The van der Waals surface area contributed by atoms with E-state index in [2.05, 4.69) is 31.8 Å². The SMILES string of the molecule is [N-]=[N+]=NCCC#Cc1c[nH]c2nccc(Cl)c12. The Morgan fingerprint density at radius 2 is 2.47 bits per heavy atom. The van der Waals surface area contributed by atoms with Gasteiger partial charge in [-0.3, -0.25) is 0 Å². The lowest BCUT2D eigenvalue weighted by Gasteiger charge is -1.92. The van der Waals surface area contributed by atoms with Crippen molar-refractivity contribution in [1.29, 1.82) is 0 Å². The van der Waals surface area contributed by atoms with Gasteiger partial charge in [0.15, 0.2) is 0 Å². The fraction of sp³-hybridized carbons (Fsp3) is 0.182. The topological polar surface area (TPSA) is 77.4 Å². The van der Waals surface area contributed by atoms with Gasteiger partial charge < -0.3 is 4.98 Å². The van der Waals surface area contributed by atoms with Gasteiger partial charge in [0.25, 0.3) is 0 Å². The van der Waals surface area contributed by atoms with Gasteiger partial charge in [0.05, 0.1) is 16.0 Å². The van der Waals surface area contributed by atoms with Crippen molar-refractivity contribution >= 4 is 22.6 Å². The predicted molar refractivity (Wildman–Crippen MR) is 66.6 cm³/mol. The van der Waals surface area contributed by atoms with Crippen molar-refractivity contribution in [2.24, 2.45) is 5.11 Å². The Bertz CT molecular complexity index is 643. The molecule has 5 nitrogen and oxygen atoms in total. The summed E-state index contributed by atoms with van der Waals surface area (Å²) in [4.78, 5) is 9.80. The van der Waals surface area contributed by atoms with Gasteiger partial charge >= 0.3 is 0 Å². The second-order valence-electron chi connectivity index (χ2n) is 3.22. The van der Waals surface area contributed by atoms with Gasteiger partial charge in [-0.05, 0) is 11.6 Å². The van der Waals surface area contributed by atoms with Crippen molar-refractivity contribution in [3.8, 4) is 11.8 Å². The van der Waals surface area contributed by atoms with Crippen LogP contribution in [0.15, 0.2) is 23.6 Å². The second kappa shape index (κ2) is 5.26. The van der Waals surface area contributed by atoms with E-state index < -0.39 is 0 Å². The van der Waals surface area contributed by atoms with Crippen molar-refractivity contribution in [3.05, 3.63) is 39.5 Å². The zero-order valence-electron chi connectivity index (χ0n) is 8.81. The van der Waals surface area contributed by atoms with Crippen LogP contribution in [0.2, 0.25) is 5.02 Å². The molecule has 1 N–H and O–H groups in total. The van der Waals surface area contributed by atoms with Gasteiger partial charge in [-0.2, -0.15) is 0 Å². The first kappa shape index (κ1) is 11.3. The minimum atomic E-state index is 0.373. The lowest BCUT2D eigenvalue weighted by atomic mass is 10.2. The molecular weight excluding hydrogens is 238 g/mol. The molecule has 0 saturated heterocycles. The third kappa shape index (κ3) is 2.51. The predicted octanol–water partition coefficient (Wildman–Crippen LogP) is 3.27. The highest BCUT2D eigenvalue weighted by Crippen LogP contribution is 2.23. The number of fused-ring (bicyclic) bond motifs is 1. The number of aromatic amines is 1. The number of pyridine rings is 1. The van der Waals surface area contributed by atoms with Gasteiger partial charge in [0.2, 0.25) is 0 Å². The molecule has 2 aromatic heterocycles. The van der Waals surface area contributed by atoms with E-state index in [0.29, 0.717) is 18.0 Å². The molecule has 0 aliphatic rings. The maximum Gasteiger partial charge on any atom is 0.140 e. The lowest BCUT2D eigenvalue weighted by molar-refractivity contribution is 1.01. The fourth-order valence-electron chi connectivity index (χ4n) is 1.42. The summed E-state index contributed by atoms with van der Waals surface area (Å²) in [6.45, 7) is 0.373. The molecule has 0 aliphatic carbocycles. The van der Waals surface area contributed by atoms with E-state index in [4.69, 9.17) is 17.1 Å². The van der Waals surface area contributed by atoms with Crippen LogP contribution in [0.5, 0.6) is 0 Å². The van der Waals surface area contributed by atoms with Crippen LogP contribution in [0.1, 0.15) is 12.0 Å². The number of nitrogens with one attached hydrogen (secondary N) is 1. The molecule has 0 atom stereocenters. The zero-order valence-corrected chi connectivity index (χ0v) is 9.57. The molecular formula is C11H8ClN5. The van der Waals surface area contributed by atoms with E-state index in [1.165, 1.54) is 0 Å². The lowest BCUT2D eigenvalue weighted by Crippen LogP contribution is -1.78. The third-order valence-electron chi connectivity index (χ3n) is 2.15. The first-order chi connectivity index (χ1) is 8.33. The molecule has 0 fully saturated rings. The van der Waals surface area contributed by atoms with Crippen molar-refractivity contribution in [3.63, 3.8) is 0 Å². The van der Waals surface area contributed by atoms with E-state index in [9.17, 15) is 0 Å². The molecule has 2 heterocycles. The van der Waals surface area contributed by atoms with Crippen LogP contribution >= 0.6 is 11.6 Å². The Balaban J connectivity index is 2.27. The summed E-state index contributed by atoms with van der Waals surface area (Å²) >= 11 is 6.07. The third-order valence-corrected chi connectivity index (χ3v) is 2.46. The fourth-order valence-corrected chi connectivity index (χ4v) is 1.67. The van der Waals surface area contributed by atoms with Gasteiger partial charge in [-0.25, -0.2) is 4.98 Å². The van der Waals surface area contributed by atoms with Crippen LogP contribution in [-0.2, 0) is 0 Å². The number of hydrogen-bond donors (Lipinski definition) is 1. The molecule has 0 spiro atoms. The summed E-state index contributed by atoms with van der Waals surface area (Å²) in [7, 11) is 0. The molecule has 0 radical (unpaired) electrons. The van der Waals surface area contributed by atoms with Gasteiger partial charge in [0, 0.05) is 30.3 Å². The normalized spacial score (nSPS) is 9.47. The molecule has 0 saturated carbocycles. The molecule has 2 aromatic rings.